The molecule has 0 aliphatic carbocycles. The van der Waals surface area contributed by atoms with Gasteiger partial charge in [0.1, 0.15) is 6.54 Å². The van der Waals surface area contributed by atoms with E-state index < -0.39 is 17.7 Å². The van der Waals surface area contributed by atoms with Crippen LogP contribution in [0.1, 0.15) is 20.7 Å². The van der Waals surface area contributed by atoms with Gasteiger partial charge >= 0.3 is 0 Å². The van der Waals surface area contributed by atoms with Crippen molar-refractivity contribution in [3.8, 4) is 0 Å². The average molecular weight is 320 g/mol. The van der Waals surface area contributed by atoms with Crippen LogP contribution in [0.25, 0.3) is 11.0 Å². The molecule has 2 N–H and O–H groups in total. The minimum absolute atomic E-state index is 0.326. The molecule has 7 nitrogen and oxygen atoms in total. The second-order valence-electron chi connectivity index (χ2n) is 5.42. The van der Waals surface area contributed by atoms with Crippen molar-refractivity contribution in [1.82, 2.24) is 14.9 Å². The Balaban J connectivity index is 1.50. The number of anilines is 1. The van der Waals surface area contributed by atoms with Crippen LogP contribution in [0.4, 0.5) is 5.69 Å². The summed E-state index contributed by atoms with van der Waals surface area (Å²) in [5.74, 6) is -1.34. The number of amides is 3. The normalized spacial score (nSPS) is 13.4. The first-order valence-corrected chi connectivity index (χ1v) is 7.32. The van der Waals surface area contributed by atoms with Gasteiger partial charge in [-0.1, -0.05) is 12.1 Å². The van der Waals surface area contributed by atoms with Crippen LogP contribution in [0.2, 0.25) is 0 Å². The summed E-state index contributed by atoms with van der Waals surface area (Å²) in [4.78, 5) is 44.7. The van der Waals surface area contributed by atoms with Gasteiger partial charge in [-0.05, 0) is 30.3 Å². The first kappa shape index (κ1) is 14.1. The monoisotopic (exact) mass is 320 g/mol. The van der Waals surface area contributed by atoms with Gasteiger partial charge in [-0.25, -0.2) is 4.98 Å². The Morgan fingerprint density at radius 1 is 1.08 bits per heavy atom. The zero-order valence-electron chi connectivity index (χ0n) is 12.4. The van der Waals surface area contributed by atoms with Crippen molar-refractivity contribution >= 4 is 34.4 Å². The van der Waals surface area contributed by atoms with E-state index in [9.17, 15) is 14.4 Å². The number of aromatic amines is 1. The molecule has 2 aromatic carbocycles. The van der Waals surface area contributed by atoms with Crippen molar-refractivity contribution in [3.05, 3.63) is 59.9 Å². The Bertz CT molecular complexity index is 957. The summed E-state index contributed by atoms with van der Waals surface area (Å²) in [7, 11) is 0. The maximum Gasteiger partial charge on any atom is 0.262 e. The lowest BCUT2D eigenvalue weighted by Crippen LogP contribution is -2.37. The third-order valence-corrected chi connectivity index (χ3v) is 3.88. The SMILES string of the molecule is O=C(CN1C(=O)c2ccccc2C1=O)Nc1ccc2nc[nH]c2c1. The lowest BCUT2D eigenvalue weighted by atomic mass is 10.1. The van der Waals surface area contributed by atoms with Crippen LogP contribution >= 0.6 is 0 Å². The van der Waals surface area contributed by atoms with Gasteiger partial charge in [-0.3, -0.25) is 19.3 Å². The highest BCUT2D eigenvalue weighted by Crippen LogP contribution is 2.22. The number of hydrogen-bond acceptors (Lipinski definition) is 4. The summed E-state index contributed by atoms with van der Waals surface area (Å²) in [5, 5.41) is 2.69. The maximum atomic E-state index is 12.2. The van der Waals surface area contributed by atoms with E-state index in [1.54, 1.807) is 48.8 Å². The highest BCUT2D eigenvalue weighted by molar-refractivity contribution is 6.22. The largest absolute Gasteiger partial charge is 0.345 e. The van der Waals surface area contributed by atoms with Crippen molar-refractivity contribution < 1.29 is 14.4 Å². The fourth-order valence-corrected chi connectivity index (χ4v) is 2.74. The number of fused-ring (bicyclic) bond motifs is 2. The molecule has 4 rings (SSSR count). The molecule has 7 heteroatoms. The molecular formula is C17H12N4O3. The van der Waals surface area contributed by atoms with Gasteiger partial charge < -0.3 is 10.3 Å². The van der Waals surface area contributed by atoms with Gasteiger partial charge in [0.25, 0.3) is 11.8 Å². The summed E-state index contributed by atoms with van der Waals surface area (Å²) < 4.78 is 0. The molecule has 0 saturated heterocycles. The first-order valence-electron chi connectivity index (χ1n) is 7.32. The maximum absolute atomic E-state index is 12.2. The molecule has 24 heavy (non-hydrogen) atoms. The molecule has 0 atom stereocenters. The zero-order valence-corrected chi connectivity index (χ0v) is 12.4. The van der Waals surface area contributed by atoms with Crippen LogP contribution in [0.15, 0.2) is 48.8 Å². The number of carbonyl (C=O) groups is 3. The Hall–Kier alpha value is -3.48. The standard InChI is InChI=1S/C17H12N4O3/c22-15(20-10-5-6-13-14(7-10)19-9-18-13)8-21-16(23)11-3-1-2-4-12(11)17(21)24/h1-7,9H,8H2,(H,18,19)(H,20,22). The first-order chi connectivity index (χ1) is 11.6. The van der Waals surface area contributed by atoms with Crippen LogP contribution in [0.3, 0.4) is 0 Å². The van der Waals surface area contributed by atoms with E-state index in [1.807, 2.05) is 0 Å². The summed E-state index contributed by atoms with van der Waals surface area (Å²) in [6.45, 7) is -0.326. The second kappa shape index (κ2) is 5.31. The number of carbonyl (C=O) groups excluding carboxylic acids is 3. The van der Waals surface area contributed by atoms with Gasteiger partial charge in [-0.2, -0.15) is 0 Å². The van der Waals surface area contributed by atoms with E-state index in [0.717, 1.165) is 15.9 Å². The van der Waals surface area contributed by atoms with Crippen molar-refractivity contribution in [2.75, 3.05) is 11.9 Å². The predicted octanol–water partition coefficient (Wildman–Crippen LogP) is 1.80. The molecule has 118 valence electrons. The van der Waals surface area contributed by atoms with Crippen LogP contribution in [-0.2, 0) is 4.79 Å². The fourth-order valence-electron chi connectivity index (χ4n) is 2.74. The highest BCUT2D eigenvalue weighted by Gasteiger charge is 2.36. The highest BCUT2D eigenvalue weighted by atomic mass is 16.2. The van der Waals surface area contributed by atoms with Gasteiger partial charge in [-0.15, -0.1) is 0 Å². The van der Waals surface area contributed by atoms with Crippen molar-refractivity contribution in [2.24, 2.45) is 0 Å². The quantitative estimate of drug-likeness (QED) is 0.719. The van der Waals surface area contributed by atoms with Crippen molar-refractivity contribution in [2.45, 2.75) is 0 Å². The molecule has 3 amide bonds. The molecule has 1 aliphatic rings. The molecule has 0 unspecified atom stereocenters. The minimum Gasteiger partial charge on any atom is -0.345 e. The Kier molecular flexibility index (Phi) is 3.13. The summed E-state index contributed by atoms with van der Waals surface area (Å²) in [6.07, 6.45) is 1.56. The Morgan fingerprint density at radius 2 is 1.79 bits per heavy atom. The number of nitrogens with zero attached hydrogens (tertiary/aromatic N) is 2. The minimum atomic E-state index is -0.449. The van der Waals surface area contributed by atoms with E-state index in [0.29, 0.717) is 16.8 Å². The lowest BCUT2D eigenvalue weighted by molar-refractivity contribution is -0.116. The fraction of sp³-hybridized carbons (Fsp3) is 0.0588. The lowest BCUT2D eigenvalue weighted by Gasteiger charge is -2.13. The van der Waals surface area contributed by atoms with Gasteiger partial charge in [0.2, 0.25) is 5.91 Å². The van der Waals surface area contributed by atoms with E-state index >= 15 is 0 Å². The predicted molar refractivity (Wildman–Crippen MR) is 86.5 cm³/mol. The summed E-state index contributed by atoms with van der Waals surface area (Å²) >= 11 is 0. The molecule has 0 bridgehead atoms. The molecule has 0 spiro atoms. The van der Waals surface area contributed by atoms with E-state index in [-0.39, 0.29) is 6.54 Å². The molecule has 0 fully saturated rings. The summed E-state index contributed by atoms with van der Waals surface area (Å²) in [6, 6.07) is 11.8. The Morgan fingerprint density at radius 3 is 2.50 bits per heavy atom. The van der Waals surface area contributed by atoms with Crippen molar-refractivity contribution in [1.29, 1.82) is 0 Å². The number of nitrogens with one attached hydrogen (secondary N) is 2. The molecule has 0 saturated carbocycles. The molecule has 1 aromatic heterocycles. The van der Waals surface area contributed by atoms with Crippen LogP contribution in [-0.4, -0.2) is 39.1 Å². The van der Waals surface area contributed by atoms with E-state index in [2.05, 4.69) is 15.3 Å². The van der Waals surface area contributed by atoms with E-state index in [1.165, 1.54) is 0 Å². The van der Waals surface area contributed by atoms with Gasteiger partial charge in [0.15, 0.2) is 0 Å². The van der Waals surface area contributed by atoms with E-state index in [4.69, 9.17) is 0 Å². The van der Waals surface area contributed by atoms with Crippen molar-refractivity contribution in [3.63, 3.8) is 0 Å². The average Bonchev–Trinajstić information content (AvgIpc) is 3.14. The summed E-state index contributed by atoms with van der Waals surface area (Å²) in [5.41, 5.74) is 2.79. The number of aromatic nitrogens is 2. The third-order valence-electron chi connectivity index (χ3n) is 3.88. The van der Waals surface area contributed by atoms with Crippen LogP contribution in [0, 0.1) is 0 Å². The number of hydrogen-bond donors (Lipinski definition) is 2. The molecule has 2 heterocycles. The molecule has 3 aromatic rings. The zero-order chi connectivity index (χ0) is 16.7. The Labute approximate surface area is 136 Å². The second-order valence-corrected chi connectivity index (χ2v) is 5.42. The smallest absolute Gasteiger partial charge is 0.262 e. The molecule has 0 radical (unpaired) electrons. The number of rotatable bonds is 3. The molecule has 1 aliphatic heterocycles. The topological polar surface area (TPSA) is 95.2 Å². The van der Waals surface area contributed by atoms with Gasteiger partial charge in [0.05, 0.1) is 28.5 Å². The third kappa shape index (κ3) is 2.23. The number of H-pyrrole nitrogens is 1. The number of imidazole rings is 1. The number of imide groups is 1. The molecular weight excluding hydrogens is 308 g/mol. The van der Waals surface area contributed by atoms with Crippen LogP contribution in [0.5, 0.6) is 0 Å². The number of benzene rings is 2. The van der Waals surface area contributed by atoms with Gasteiger partial charge in [0, 0.05) is 5.69 Å². The van der Waals surface area contributed by atoms with Crippen LogP contribution < -0.4 is 5.32 Å².